The standard InChI is InChI=1S/C24H23ClN2O3/c1-3-29-23-14-19(15-26-27-24(28)20-6-4-5-7-21(20)25)12-13-22(23)30-16-18-10-8-17(2)9-11-18/h4-15H,3,16H2,1-2H3,(H,27,28)/b26-15-. The molecule has 0 bridgehead atoms. The number of nitrogens with one attached hydrogen (secondary N) is 1. The molecule has 0 aromatic heterocycles. The molecule has 0 radical (unpaired) electrons. The van der Waals surface area contributed by atoms with Crippen LogP contribution in [0.1, 0.15) is 34.0 Å². The van der Waals surface area contributed by atoms with Gasteiger partial charge in [0.15, 0.2) is 11.5 Å². The highest BCUT2D eigenvalue weighted by molar-refractivity contribution is 6.33. The van der Waals surface area contributed by atoms with Gasteiger partial charge >= 0.3 is 0 Å². The fourth-order valence-corrected chi connectivity index (χ4v) is 2.93. The SMILES string of the molecule is CCOc1cc(/C=N\NC(=O)c2ccccc2Cl)ccc1OCc1ccc(C)cc1. The van der Waals surface area contributed by atoms with Gasteiger partial charge in [-0.15, -0.1) is 0 Å². The molecule has 6 heteroatoms. The molecule has 0 aliphatic carbocycles. The fraction of sp³-hybridized carbons (Fsp3) is 0.167. The minimum absolute atomic E-state index is 0.367. The number of rotatable bonds is 8. The largest absolute Gasteiger partial charge is 0.490 e. The lowest BCUT2D eigenvalue weighted by Gasteiger charge is -2.13. The zero-order valence-corrected chi connectivity index (χ0v) is 17.6. The van der Waals surface area contributed by atoms with Crippen molar-refractivity contribution in [1.29, 1.82) is 0 Å². The van der Waals surface area contributed by atoms with E-state index in [1.54, 1.807) is 30.5 Å². The van der Waals surface area contributed by atoms with Gasteiger partial charge in [0.1, 0.15) is 6.61 Å². The molecule has 30 heavy (non-hydrogen) atoms. The van der Waals surface area contributed by atoms with E-state index in [2.05, 4.69) is 29.6 Å². The predicted octanol–water partition coefficient (Wildman–Crippen LogP) is 5.39. The number of amides is 1. The van der Waals surface area contributed by atoms with Crippen molar-refractivity contribution in [3.8, 4) is 11.5 Å². The number of hydrazone groups is 1. The van der Waals surface area contributed by atoms with E-state index >= 15 is 0 Å². The minimum Gasteiger partial charge on any atom is -0.490 e. The highest BCUT2D eigenvalue weighted by atomic mass is 35.5. The molecule has 5 nitrogen and oxygen atoms in total. The van der Waals surface area contributed by atoms with E-state index in [1.165, 1.54) is 5.56 Å². The molecule has 0 heterocycles. The van der Waals surface area contributed by atoms with Crippen LogP contribution in [0.5, 0.6) is 11.5 Å². The second kappa shape index (κ2) is 10.5. The predicted molar refractivity (Wildman–Crippen MR) is 120 cm³/mol. The van der Waals surface area contributed by atoms with Gasteiger partial charge < -0.3 is 9.47 Å². The van der Waals surface area contributed by atoms with Crippen LogP contribution in [0.4, 0.5) is 0 Å². The van der Waals surface area contributed by atoms with Gasteiger partial charge in [0.2, 0.25) is 0 Å². The Bertz CT molecular complexity index is 1030. The van der Waals surface area contributed by atoms with Crippen LogP contribution in [0.2, 0.25) is 5.02 Å². The van der Waals surface area contributed by atoms with Crippen molar-refractivity contribution >= 4 is 23.7 Å². The lowest BCUT2D eigenvalue weighted by molar-refractivity contribution is 0.0955. The maximum Gasteiger partial charge on any atom is 0.272 e. The van der Waals surface area contributed by atoms with E-state index in [0.717, 1.165) is 11.1 Å². The second-order valence-corrected chi connectivity index (χ2v) is 7.00. The molecule has 1 N–H and O–H groups in total. The summed E-state index contributed by atoms with van der Waals surface area (Å²) >= 11 is 6.03. The number of hydrogen-bond acceptors (Lipinski definition) is 4. The number of carbonyl (C=O) groups is 1. The summed E-state index contributed by atoms with van der Waals surface area (Å²) < 4.78 is 11.6. The molecule has 0 saturated carbocycles. The Hall–Kier alpha value is -3.31. The molecular weight excluding hydrogens is 400 g/mol. The highest BCUT2D eigenvalue weighted by Crippen LogP contribution is 2.29. The van der Waals surface area contributed by atoms with Gasteiger partial charge in [0.25, 0.3) is 5.91 Å². The number of benzene rings is 3. The monoisotopic (exact) mass is 422 g/mol. The first-order valence-corrected chi connectivity index (χ1v) is 9.97. The van der Waals surface area contributed by atoms with Crippen LogP contribution in [0.3, 0.4) is 0 Å². The average molecular weight is 423 g/mol. The molecule has 154 valence electrons. The molecule has 1 amide bonds. The lowest BCUT2D eigenvalue weighted by Crippen LogP contribution is -2.17. The molecule has 0 saturated heterocycles. The summed E-state index contributed by atoms with van der Waals surface area (Å²) in [6.07, 6.45) is 1.54. The normalized spacial score (nSPS) is 10.8. The molecule has 0 unspecified atom stereocenters. The van der Waals surface area contributed by atoms with E-state index in [1.807, 2.05) is 37.3 Å². The van der Waals surface area contributed by atoms with Crippen molar-refractivity contribution in [2.24, 2.45) is 5.10 Å². The summed E-state index contributed by atoms with van der Waals surface area (Å²) in [5, 5.41) is 4.39. The van der Waals surface area contributed by atoms with Gasteiger partial charge in [-0.2, -0.15) is 5.10 Å². The Morgan fingerprint density at radius 3 is 2.53 bits per heavy atom. The van der Waals surface area contributed by atoms with Crippen molar-refractivity contribution in [1.82, 2.24) is 5.43 Å². The van der Waals surface area contributed by atoms with E-state index in [9.17, 15) is 4.79 Å². The summed E-state index contributed by atoms with van der Waals surface area (Å²) in [4.78, 5) is 12.2. The van der Waals surface area contributed by atoms with Crippen LogP contribution in [0, 0.1) is 6.92 Å². The van der Waals surface area contributed by atoms with Crippen LogP contribution < -0.4 is 14.9 Å². The maximum atomic E-state index is 12.2. The molecule has 3 rings (SSSR count). The van der Waals surface area contributed by atoms with E-state index in [-0.39, 0.29) is 5.91 Å². The van der Waals surface area contributed by atoms with Crippen molar-refractivity contribution in [3.05, 3.63) is 94.0 Å². The van der Waals surface area contributed by atoms with Gasteiger partial charge in [-0.1, -0.05) is 53.6 Å². The van der Waals surface area contributed by atoms with Crippen molar-refractivity contribution in [2.45, 2.75) is 20.5 Å². The molecule has 0 fully saturated rings. The van der Waals surface area contributed by atoms with Crippen LogP contribution in [-0.4, -0.2) is 18.7 Å². The Kier molecular flexibility index (Phi) is 7.46. The highest BCUT2D eigenvalue weighted by Gasteiger charge is 2.09. The number of halogens is 1. The van der Waals surface area contributed by atoms with Crippen molar-refractivity contribution < 1.29 is 14.3 Å². The lowest BCUT2D eigenvalue weighted by atomic mass is 10.2. The summed E-state index contributed by atoms with van der Waals surface area (Å²) in [5.74, 6) is 0.889. The molecule has 0 aliphatic rings. The molecule has 3 aromatic rings. The number of nitrogens with zero attached hydrogens (tertiary/aromatic N) is 1. The number of carbonyl (C=O) groups excluding carboxylic acids is 1. The number of aryl methyl sites for hydroxylation is 1. The molecule has 0 aliphatic heterocycles. The third-order valence-electron chi connectivity index (χ3n) is 4.28. The quantitative estimate of drug-likeness (QED) is 0.391. The Morgan fingerprint density at radius 2 is 1.80 bits per heavy atom. The van der Waals surface area contributed by atoms with Crippen molar-refractivity contribution in [3.63, 3.8) is 0 Å². The van der Waals surface area contributed by atoms with Gasteiger partial charge in [0, 0.05) is 0 Å². The zero-order valence-electron chi connectivity index (χ0n) is 16.9. The first-order valence-electron chi connectivity index (χ1n) is 9.60. The van der Waals surface area contributed by atoms with Gasteiger partial charge in [-0.25, -0.2) is 5.43 Å². The van der Waals surface area contributed by atoms with Gasteiger partial charge in [0.05, 0.1) is 23.4 Å². The summed E-state index contributed by atoms with van der Waals surface area (Å²) in [5.41, 5.74) is 5.90. The van der Waals surface area contributed by atoms with E-state index in [0.29, 0.717) is 35.3 Å². The van der Waals surface area contributed by atoms with Crippen LogP contribution >= 0.6 is 11.6 Å². The summed E-state index contributed by atoms with van der Waals surface area (Å²) in [7, 11) is 0. The molecular formula is C24H23ClN2O3. The molecule has 3 aromatic carbocycles. The van der Waals surface area contributed by atoms with E-state index in [4.69, 9.17) is 21.1 Å². The number of hydrogen-bond donors (Lipinski definition) is 1. The zero-order chi connectivity index (χ0) is 21.3. The van der Waals surface area contributed by atoms with Crippen LogP contribution in [0.15, 0.2) is 71.8 Å². The Labute approximate surface area is 181 Å². The molecule has 0 atom stereocenters. The second-order valence-electron chi connectivity index (χ2n) is 6.59. The third-order valence-corrected chi connectivity index (χ3v) is 4.61. The summed E-state index contributed by atoms with van der Waals surface area (Å²) in [6.45, 7) is 4.91. The first-order chi connectivity index (χ1) is 14.6. The molecule has 0 spiro atoms. The topological polar surface area (TPSA) is 59.9 Å². The minimum atomic E-state index is -0.375. The average Bonchev–Trinajstić information content (AvgIpc) is 2.75. The summed E-state index contributed by atoms with van der Waals surface area (Å²) in [6, 6.07) is 20.5. The third kappa shape index (κ3) is 5.84. The van der Waals surface area contributed by atoms with E-state index < -0.39 is 0 Å². The van der Waals surface area contributed by atoms with Gasteiger partial charge in [-0.3, -0.25) is 4.79 Å². The maximum absolute atomic E-state index is 12.2. The Morgan fingerprint density at radius 1 is 1.03 bits per heavy atom. The van der Waals surface area contributed by atoms with Crippen LogP contribution in [0.25, 0.3) is 0 Å². The smallest absolute Gasteiger partial charge is 0.272 e. The first kappa shape index (κ1) is 21.4. The van der Waals surface area contributed by atoms with Gasteiger partial charge in [-0.05, 0) is 55.3 Å². The fourth-order valence-electron chi connectivity index (χ4n) is 2.71. The Balaban J connectivity index is 1.66. The number of ether oxygens (including phenoxy) is 2. The van der Waals surface area contributed by atoms with Crippen molar-refractivity contribution in [2.75, 3.05) is 6.61 Å². The van der Waals surface area contributed by atoms with Crippen LogP contribution in [-0.2, 0) is 6.61 Å².